The summed E-state index contributed by atoms with van der Waals surface area (Å²) < 4.78 is 11.1. The monoisotopic (exact) mass is 250 g/mol. The molecule has 0 radical (unpaired) electrons. The van der Waals surface area contributed by atoms with Crippen LogP contribution < -0.4 is 9.64 Å². The zero-order valence-electron chi connectivity index (χ0n) is 11.3. The number of ether oxygens (including phenoxy) is 2. The molecule has 1 aromatic carbocycles. The van der Waals surface area contributed by atoms with Crippen LogP contribution in [0.5, 0.6) is 5.75 Å². The molecule has 1 fully saturated rings. The van der Waals surface area contributed by atoms with Gasteiger partial charge in [-0.2, -0.15) is 0 Å². The number of hydrogen-bond donors (Lipinski definition) is 0. The van der Waals surface area contributed by atoms with Gasteiger partial charge in [0, 0.05) is 45.5 Å². The minimum absolute atomic E-state index is 0.733. The molecule has 0 atom stereocenters. The van der Waals surface area contributed by atoms with E-state index in [9.17, 15) is 0 Å². The Kier molecular flexibility index (Phi) is 4.84. The summed E-state index contributed by atoms with van der Waals surface area (Å²) in [5.74, 6) is 0.939. The molecule has 100 valence electrons. The van der Waals surface area contributed by atoms with Gasteiger partial charge in [-0.1, -0.05) is 6.07 Å². The molecule has 4 heteroatoms. The summed E-state index contributed by atoms with van der Waals surface area (Å²) in [5.41, 5.74) is 1.17. The molecule has 4 nitrogen and oxygen atoms in total. The van der Waals surface area contributed by atoms with Gasteiger partial charge >= 0.3 is 0 Å². The van der Waals surface area contributed by atoms with E-state index in [1.54, 1.807) is 0 Å². The van der Waals surface area contributed by atoms with Crippen LogP contribution >= 0.6 is 0 Å². The molecule has 0 saturated carbocycles. The van der Waals surface area contributed by atoms with Crippen molar-refractivity contribution in [3.63, 3.8) is 0 Å². The molecule has 0 aliphatic carbocycles. The maximum absolute atomic E-state index is 5.79. The standard InChI is InChI=1S/C14H22N2O2/c1-15(2)13-4-3-5-14(12-13)18-11-8-16-6-9-17-10-7-16/h3-5,12H,6-11H2,1-2H3. The number of hydrogen-bond acceptors (Lipinski definition) is 4. The van der Waals surface area contributed by atoms with Gasteiger partial charge in [0.25, 0.3) is 0 Å². The average Bonchev–Trinajstić information content (AvgIpc) is 2.40. The van der Waals surface area contributed by atoms with Crippen LogP contribution in [0.2, 0.25) is 0 Å². The van der Waals surface area contributed by atoms with E-state index in [1.165, 1.54) is 5.69 Å². The van der Waals surface area contributed by atoms with Crippen molar-refractivity contribution in [3.05, 3.63) is 24.3 Å². The van der Waals surface area contributed by atoms with Gasteiger partial charge in [-0.05, 0) is 12.1 Å². The van der Waals surface area contributed by atoms with Gasteiger partial charge in [0.1, 0.15) is 12.4 Å². The van der Waals surface area contributed by atoms with Gasteiger partial charge < -0.3 is 14.4 Å². The van der Waals surface area contributed by atoms with E-state index >= 15 is 0 Å². The fraction of sp³-hybridized carbons (Fsp3) is 0.571. The van der Waals surface area contributed by atoms with E-state index in [1.807, 2.05) is 26.2 Å². The minimum atomic E-state index is 0.733. The third-order valence-corrected chi connectivity index (χ3v) is 3.11. The van der Waals surface area contributed by atoms with Crippen LogP contribution in [0.25, 0.3) is 0 Å². The predicted octanol–water partition coefficient (Wildman–Crippen LogP) is 1.46. The second-order valence-corrected chi connectivity index (χ2v) is 4.69. The zero-order chi connectivity index (χ0) is 12.8. The van der Waals surface area contributed by atoms with Gasteiger partial charge in [-0.3, -0.25) is 4.90 Å². The second-order valence-electron chi connectivity index (χ2n) is 4.69. The molecule has 18 heavy (non-hydrogen) atoms. The maximum Gasteiger partial charge on any atom is 0.121 e. The lowest BCUT2D eigenvalue weighted by molar-refractivity contribution is 0.0322. The maximum atomic E-state index is 5.79. The quantitative estimate of drug-likeness (QED) is 0.790. The molecule has 1 aromatic rings. The fourth-order valence-electron chi connectivity index (χ4n) is 1.97. The predicted molar refractivity (Wildman–Crippen MR) is 73.5 cm³/mol. The van der Waals surface area contributed by atoms with E-state index in [-0.39, 0.29) is 0 Å². The van der Waals surface area contributed by atoms with Crippen molar-refractivity contribution in [1.29, 1.82) is 0 Å². The lowest BCUT2D eigenvalue weighted by Gasteiger charge is -2.26. The van der Waals surface area contributed by atoms with Crippen molar-refractivity contribution in [3.8, 4) is 5.75 Å². The minimum Gasteiger partial charge on any atom is -0.492 e. The third-order valence-electron chi connectivity index (χ3n) is 3.11. The van der Waals surface area contributed by atoms with E-state index in [2.05, 4.69) is 21.9 Å². The molecule has 0 unspecified atom stereocenters. The Morgan fingerprint density at radius 2 is 2.06 bits per heavy atom. The lowest BCUT2D eigenvalue weighted by Crippen LogP contribution is -2.38. The molecule has 2 rings (SSSR count). The molecular weight excluding hydrogens is 228 g/mol. The van der Waals surface area contributed by atoms with Gasteiger partial charge in [-0.25, -0.2) is 0 Å². The first-order chi connectivity index (χ1) is 8.75. The normalized spacial score (nSPS) is 16.6. The number of rotatable bonds is 5. The van der Waals surface area contributed by atoms with E-state index in [0.29, 0.717) is 0 Å². The molecule has 0 spiro atoms. The van der Waals surface area contributed by atoms with Crippen LogP contribution in [0.3, 0.4) is 0 Å². The van der Waals surface area contributed by atoms with Crippen LogP contribution in [0.15, 0.2) is 24.3 Å². The number of anilines is 1. The molecule has 1 saturated heterocycles. The average molecular weight is 250 g/mol. The number of morpholine rings is 1. The number of nitrogens with zero attached hydrogens (tertiary/aromatic N) is 2. The fourth-order valence-corrected chi connectivity index (χ4v) is 1.97. The van der Waals surface area contributed by atoms with Gasteiger partial charge in [-0.15, -0.1) is 0 Å². The van der Waals surface area contributed by atoms with Crippen molar-refractivity contribution in [1.82, 2.24) is 4.90 Å². The largest absolute Gasteiger partial charge is 0.492 e. The summed E-state index contributed by atoms with van der Waals surface area (Å²) in [6.45, 7) is 5.42. The molecule has 0 aromatic heterocycles. The van der Waals surface area contributed by atoms with Crippen LogP contribution in [0.4, 0.5) is 5.69 Å². The number of benzene rings is 1. The summed E-state index contributed by atoms with van der Waals surface area (Å²) in [6, 6.07) is 8.18. The van der Waals surface area contributed by atoms with Crippen molar-refractivity contribution in [2.75, 3.05) is 58.5 Å². The summed E-state index contributed by atoms with van der Waals surface area (Å²) in [4.78, 5) is 4.45. The van der Waals surface area contributed by atoms with Crippen molar-refractivity contribution >= 4 is 5.69 Å². The molecule has 1 aliphatic heterocycles. The highest BCUT2D eigenvalue weighted by atomic mass is 16.5. The first-order valence-electron chi connectivity index (χ1n) is 6.46. The Morgan fingerprint density at radius 3 is 2.78 bits per heavy atom. The van der Waals surface area contributed by atoms with E-state index in [0.717, 1.165) is 45.2 Å². The van der Waals surface area contributed by atoms with E-state index < -0.39 is 0 Å². The highest BCUT2D eigenvalue weighted by Crippen LogP contribution is 2.19. The van der Waals surface area contributed by atoms with Crippen LogP contribution in [0, 0.1) is 0 Å². The van der Waals surface area contributed by atoms with Crippen molar-refractivity contribution in [2.24, 2.45) is 0 Å². The molecule has 0 amide bonds. The molecule has 1 aliphatic rings. The Morgan fingerprint density at radius 1 is 1.28 bits per heavy atom. The lowest BCUT2D eigenvalue weighted by atomic mass is 10.3. The van der Waals surface area contributed by atoms with E-state index in [4.69, 9.17) is 9.47 Å². The van der Waals surface area contributed by atoms with Crippen LogP contribution in [0.1, 0.15) is 0 Å². The summed E-state index contributed by atoms with van der Waals surface area (Å²) >= 11 is 0. The first kappa shape index (κ1) is 13.2. The molecule has 0 bridgehead atoms. The van der Waals surface area contributed by atoms with Crippen LogP contribution in [-0.2, 0) is 4.74 Å². The Hall–Kier alpha value is -1.26. The summed E-state index contributed by atoms with van der Waals surface area (Å²) in [7, 11) is 4.07. The SMILES string of the molecule is CN(C)c1cccc(OCCN2CCOCC2)c1. The third kappa shape index (κ3) is 3.89. The Balaban J connectivity index is 1.77. The Labute approximate surface area is 109 Å². The molecule has 1 heterocycles. The highest BCUT2D eigenvalue weighted by molar-refractivity contribution is 5.49. The topological polar surface area (TPSA) is 24.9 Å². The van der Waals surface area contributed by atoms with Gasteiger partial charge in [0.15, 0.2) is 0 Å². The first-order valence-corrected chi connectivity index (χ1v) is 6.46. The smallest absolute Gasteiger partial charge is 0.121 e. The summed E-state index contributed by atoms with van der Waals surface area (Å²) in [6.07, 6.45) is 0. The summed E-state index contributed by atoms with van der Waals surface area (Å²) in [5, 5.41) is 0. The molecular formula is C14H22N2O2. The zero-order valence-corrected chi connectivity index (χ0v) is 11.3. The highest BCUT2D eigenvalue weighted by Gasteiger charge is 2.09. The molecule has 0 N–H and O–H groups in total. The van der Waals surface area contributed by atoms with Crippen molar-refractivity contribution < 1.29 is 9.47 Å². The van der Waals surface area contributed by atoms with Crippen LogP contribution in [-0.4, -0.2) is 58.5 Å². The van der Waals surface area contributed by atoms with Crippen molar-refractivity contribution in [2.45, 2.75) is 0 Å². The second kappa shape index (κ2) is 6.61. The van der Waals surface area contributed by atoms with Gasteiger partial charge in [0.2, 0.25) is 0 Å². The van der Waals surface area contributed by atoms with Gasteiger partial charge in [0.05, 0.1) is 13.2 Å². The Bertz CT molecular complexity index is 363.